The monoisotopic (exact) mass is 174 g/mol. The van der Waals surface area contributed by atoms with Crippen molar-refractivity contribution in [2.24, 2.45) is 0 Å². The lowest BCUT2D eigenvalue weighted by Crippen LogP contribution is -2.29. The molecule has 0 aromatic rings. The van der Waals surface area contributed by atoms with Crippen LogP contribution in [-0.2, 0) is 9.47 Å². The molecule has 11 heavy (non-hydrogen) atoms. The van der Waals surface area contributed by atoms with Crippen LogP contribution in [0.1, 0.15) is 20.8 Å². The Balaban J connectivity index is 4.01. The lowest BCUT2D eigenvalue weighted by atomic mass is 10.3. The van der Waals surface area contributed by atoms with E-state index in [1.807, 2.05) is 26.8 Å². The van der Waals surface area contributed by atoms with Crippen molar-refractivity contribution in [3.05, 3.63) is 11.8 Å². The van der Waals surface area contributed by atoms with Crippen LogP contribution in [0.4, 0.5) is 0 Å². The van der Waals surface area contributed by atoms with E-state index in [9.17, 15) is 0 Å². The van der Waals surface area contributed by atoms with Crippen molar-refractivity contribution in [3.63, 3.8) is 0 Å². The first kappa shape index (κ1) is 10.9. The van der Waals surface area contributed by atoms with Gasteiger partial charge in [-0.25, -0.2) is 0 Å². The van der Waals surface area contributed by atoms with Gasteiger partial charge in [0.2, 0.25) is 0 Å². The van der Waals surface area contributed by atoms with Gasteiger partial charge >= 0.3 is 0 Å². The third-order valence-corrected chi connectivity index (χ3v) is 1.66. The summed E-state index contributed by atoms with van der Waals surface area (Å²) in [6.45, 7) is 7.25. The minimum absolute atomic E-state index is 0.495. The Labute approximate surface area is 72.0 Å². The normalized spacial score (nSPS) is 13.0. The molecule has 0 saturated carbocycles. The average molecular weight is 174 g/mol. The summed E-state index contributed by atoms with van der Waals surface area (Å²) in [6.07, 6.45) is 1.98. The Hall–Kier alpha value is -0.123. The molecule has 0 aliphatic heterocycles. The molecule has 3 heteroatoms. The van der Waals surface area contributed by atoms with Crippen molar-refractivity contribution < 1.29 is 9.47 Å². The molecule has 0 aromatic carbocycles. The maximum atomic E-state index is 5.42. The Morgan fingerprint density at radius 1 is 1.27 bits per heavy atom. The van der Waals surface area contributed by atoms with Gasteiger partial charge < -0.3 is 9.47 Å². The zero-order chi connectivity index (χ0) is 8.74. The van der Waals surface area contributed by atoms with Gasteiger partial charge in [-0.15, -0.1) is 5.70 Å². The van der Waals surface area contributed by atoms with E-state index in [2.05, 4.69) is 5.70 Å². The highest BCUT2D eigenvalue weighted by molar-refractivity contribution is 6.17. The Bertz CT molecular complexity index is 117. The maximum absolute atomic E-state index is 5.42. The summed E-state index contributed by atoms with van der Waals surface area (Å²) in [4.78, 5) is 0. The van der Waals surface area contributed by atoms with Crippen LogP contribution in [0.15, 0.2) is 11.8 Å². The third kappa shape index (κ3) is 4.34. The van der Waals surface area contributed by atoms with E-state index < -0.39 is 5.79 Å². The molecule has 2 nitrogen and oxygen atoms in total. The highest BCUT2D eigenvalue weighted by atomic mass is 28.1. The smallest absolute Gasteiger partial charge is 0.184 e. The van der Waals surface area contributed by atoms with E-state index >= 15 is 0 Å². The fourth-order valence-corrected chi connectivity index (χ4v) is 1.62. The van der Waals surface area contributed by atoms with Crippen LogP contribution in [0, 0.1) is 0 Å². The summed E-state index contributed by atoms with van der Waals surface area (Å²) in [5, 5.41) is 0. The third-order valence-electron chi connectivity index (χ3n) is 1.33. The van der Waals surface area contributed by atoms with E-state index in [1.165, 1.54) is 0 Å². The SMILES string of the molecule is CCOC(C)(C=C[SiH3])OCC. The fraction of sp³-hybridized carbons (Fsp3) is 0.750. The van der Waals surface area contributed by atoms with Gasteiger partial charge in [0, 0.05) is 23.5 Å². The van der Waals surface area contributed by atoms with Gasteiger partial charge in [0.15, 0.2) is 5.79 Å². The van der Waals surface area contributed by atoms with E-state index in [0.29, 0.717) is 13.2 Å². The predicted octanol–water partition coefficient (Wildman–Crippen LogP) is 0.655. The quantitative estimate of drug-likeness (QED) is 0.450. The molecule has 66 valence electrons. The minimum Gasteiger partial charge on any atom is -0.347 e. The summed E-state index contributed by atoms with van der Waals surface area (Å²) < 4.78 is 10.8. The molecule has 0 amide bonds. The first-order chi connectivity index (χ1) is 5.18. The van der Waals surface area contributed by atoms with Gasteiger partial charge in [0.05, 0.1) is 0 Å². The van der Waals surface area contributed by atoms with Crippen LogP contribution >= 0.6 is 0 Å². The molecule has 0 fully saturated rings. The lowest BCUT2D eigenvalue weighted by molar-refractivity contribution is -0.186. The van der Waals surface area contributed by atoms with Gasteiger partial charge in [0.1, 0.15) is 0 Å². The van der Waals surface area contributed by atoms with Gasteiger partial charge in [-0.1, -0.05) is 0 Å². The summed E-state index contributed by atoms with van der Waals surface area (Å²) in [5.74, 6) is -0.495. The molecule has 0 unspecified atom stereocenters. The fourth-order valence-electron chi connectivity index (χ4n) is 1.01. The van der Waals surface area contributed by atoms with Crippen LogP contribution in [0.5, 0.6) is 0 Å². The van der Waals surface area contributed by atoms with E-state index in [0.717, 1.165) is 10.2 Å². The standard InChI is InChI=1S/C8H18O2Si/c1-4-9-8(3,6-7-11)10-5-2/h6-7H,4-5H2,1-3,11H3. The van der Waals surface area contributed by atoms with E-state index in [-0.39, 0.29) is 0 Å². The second-order valence-electron chi connectivity index (χ2n) is 2.38. The first-order valence-electron chi connectivity index (χ1n) is 4.10. The maximum Gasteiger partial charge on any atom is 0.184 e. The van der Waals surface area contributed by atoms with Crippen LogP contribution in [0.2, 0.25) is 0 Å². The van der Waals surface area contributed by atoms with Crippen molar-refractivity contribution in [2.45, 2.75) is 26.6 Å². The van der Waals surface area contributed by atoms with Crippen LogP contribution in [0.3, 0.4) is 0 Å². The minimum atomic E-state index is -0.495. The average Bonchev–Trinajstić information content (AvgIpc) is 1.88. The topological polar surface area (TPSA) is 18.5 Å². The summed E-state index contributed by atoms with van der Waals surface area (Å²) >= 11 is 0. The lowest BCUT2D eigenvalue weighted by Gasteiger charge is -2.25. The molecule has 0 radical (unpaired) electrons. The predicted molar refractivity (Wildman–Crippen MR) is 50.7 cm³/mol. The van der Waals surface area contributed by atoms with Crippen molar-refractivity contribution in [1.29, 1.82) is 0 Å². The van der Waals surface area contributed by atoms with Crippen LogP contribution < -0.4 is 0 Å². The molecule has 0 atom stereocenters. The van der Waals surface area contributed by atoms with Crippen LogP contribution in [0.25, 0.3) is 0 Å². The second kappa shape index (κ2) is 5.52. The van der Waals surface area contributed by atoms with Gasteiger partial charge in [-0.3, -0.25) is 0 Å². The van der Waals surface area contributed by atoms with Crippen molar-refractivity contribution in [3.8, 4) is 0 Å². The molecular formula is C8H18O2Si. The molecular weight excluding hydrogens is 156 g/mol. The number of hydrogen-bond acceptors (Lipinski definition) is 2. The number of hydrogen-bond donors (Lipinski definition) is 0. The molecule has 0 aliphatic carbocycles. The van der Waals surface area contributed by atoms with Crippen LogP contribution in [-0.4, -0.2) is 29.2 Å². The zero-order valence-electron chi connectivity index (χ0n) is 7.89. The van der Waals surface area contributed by atoms with E-state index in [4.69, 9.17) is 9.47 Å². The highest BCUT2D eigenvalue weighted by Crippen LogP contribution is 2.13. The first-order valence-corrected chi connectivity index (χ1v) is 5.25. The molecule has 0 bridgehead atoms. The molecule has 0 aromatic heterocycles. The molecule has 0 aliphatic rings. The molecule has 0 spiro atoms. The van der Waals surface area contributed by atoms with Crippen molar-refractivity contribution in [2.75, 3.05) is 13.2 Å². The van der Waals surface area contributed by atoms with E-state index in [1.54, 1.807) is 0 Å². The Kier molecular flexibility index (Phi) is 5.46. The van der Waals surface area contributed by atoms with Gasteiger partial charge in [-0.05, 0) is 26.8 Å². The van der Waals surface area contributed by atoms with Crippen molar-refractivity contribution >= 4 is 10.2 Å². The molecule has 0 N–H and O–H groups in total. The summed E-state index contributed by atoms with van der Waals surface area (Å²) in [6, 6.07) is 0. The van der Waals surface area contributed by atoms with Gasteiger partial charge in [-0.2, -0.15) is 0 Å². The molecule has 0 rings (SSSR count). The van der Waals surface area contributed by atoms with Crippen molar-refractivity contribution in [1.82, 2.24) is 0 Å². The molecule has 0 saturated heterocycles. The second-order valence-corrected chi connectivity index (χ2v) is 3.05. The molecule has 0 heterocycles. The number of rotatable bonds is 5. The highest BCUT2D eigenvalue weighted by Gasteiger charge is 2.19. The van der Waals surface area contributed by atoms with Gasteiger partial charge in [0.25, 0.3) is 0 Å². The number of ether oxygens (including phenoxy) is 2. The summed E-state index contributed by atoms with van der Waals surface area (Å²) in [7, 11) is 1.04. The Morgan fingerprint density at radius 2 is 1.73 bits per heavy atom. The summed E-state index contributed by atoms with van der Waals surface area (Å²) in [5.41, 5.74) is 2.07. The zero-order valence-corrected chi connectivity index (χ0v) is 9.89. The largest absolute Gasteiger partial charge is 0.347 e. The Morgan fingerprint density at radius 3 is 2.00 bits per heavy atom.